The normalized spacial score (nSPS) is 11.2. The summed E-state index contributed by atoms with van der Waals surface area (Å²) in [6.45, 7) is 4.13. The van der Waals surface area contributed by atoms with Crippen LogP contribution in [0.15, 0.2) is 132 Å². The number of hydrogen-bond donors (Lipinski definition) is 1. The summed E-state index contributed by atoms with van der Waals surface area (Å²) in [6, 6.07) is 43.1. The summed E-state index contributed by atoms with van der Waals surface area (Å²) in [7, 11) is 4.06. The van der Waals surface area contributed by atoms with Crippen LogP contribution in [-0.2, 0) is 0 Å². The third-order valence-corrected chi connectivity index (χ3v) is 7.87. The maximum Gasteiger partial charge on any atom is 0.271 e. The lowest BCUT2D eigenvalue weighted by Gasteiger charge is -2.15. The van der Waals surface area contributed by atoms with Crippen LogP contribution in [0.3, 0.4) is 0 Å². The number of benzene rings is 4. The van der Waals surface area contributed by atoms with Crippen LogP contribution in [0.25, 0.3) is 33.9 Å². The first-order chi connectivity index (χ1) is 21.4. The second kappa shape index (κ2) is 12.3. The van der Waals surface area contributed by atoms with Crippen LogP contribution in [-0.4, -0.2) is 35.4 Å². The Labute approximate surface area is 258 Å². The molecule has 0 radical (unpaired) electrons. The van der Waals surface area contributed by atoms with Gasteiger partial charge in [0.15, 0.2) is 0 Å². The van der Waals surface area contributed by atoms with Gasteiger partial charge in [0.05, 0.1) is 17.6 Å². The molecule has 0 bridgehead atoms. The van der Waals surface area contributed by atoms with Crippen molar-refractivity contribution in [2.24, 2.45) is 5.10 Å². The van der Waals surface area contributed by atoms with Crippen molar-refractivity contribution in [3.05, 3.63) is 150 Å². The van der Waals surface area contributed by atoms with Crippen LogP contribution in [0.2, 0.25) is 0 Å². The molecule has 4 aromatic carbocycles. The van der Waals surface area contributed by atoms with Crippen LogP contribution >= 0.6 is 0 Å². The van der Waals surface area contributed by atoms with Crippen LogP contribution in [0.5, 0.6) is 0 Å². The maximum absolute atomic E-state index is 13.0. The van der Waals surface area contributed by atoms with Crippen LogP contribution in [0.1, 0.15) is 27.3 Å². The predicted octanol–water partition coefficient (Wildman–Crippen LogP) is 8.05. The molecule has 0 fully saturated rings. The Kier molecular flexibility index (Phi) is 7.98. The quantitative estimate of drug-likeness (QED) is 0.147. The molecular weight excluding hydrogens is 542 g/mol. The van der Waals surface area contributed by atoms with E-state index in [2.05, 4.69) is 105 Å². The van der Waals surface area contributed by atoms with Crippen molar-refractivity contribution in [3.8, 4) is 33.9 Å². The molecule has 6 heteroatoms. The Morgan fingerprint density at radius 3 is 1.75 bits per heavy atom. The topological polar surface area (TPSA) is 54.6 Å². The number of amides is 1. The molecule has 0 aliphatic carbocycles. The van der Waals surface area contributed by atoms with E-state index in [1.54, 1.807) is 6.21 Å². The third kappa shape index (κ3) is 5.70. The number of aryl methyl sites for hydroxylation is 1. The molecule has 0 saturated heterocycles. The van der Waals surface area contributed by atoms with Crippen molar-refractivity contribution in [2.45, 2.75) is 13.8 Å². The van der Waals surface area contributed by atoms with Gasteiger partial charge in [0.25, 0.3) is 5.91 Å². The molecule has 0 saturated carbocycles. The average molecular weight is 578 g/mol. The van der Waals surface area contributed by atoms with Gasteiger partial charge in [-0.1, -0.05) is 60.7 Å². The molecule has 6 aromatic rings. The van der Waals surface area contributed by atoms with Gasteiger partial charge in [0.1, 0.15) is 0 Å². The van der Waals surface area contributed by atoms with Crippen LogP contribution in [0.4, 0.5) is 5.69 Å². The lowest BCUT2D eigenvalue weighted by atomic mass is 10.1. The van der Waals surface area contributed by atoms with Crippen molar-refractivity contribution < 1.29 is 4.79 Å². The fourth-order valence-corrected chi connectivity index (χ4v) is 5.59. The van der Waals surface area contributed by atoms with Crippen molar-refractivity contribution in [2.75, 3.05) is 19.0 Å². The highest BCUT2D eigenvalue weighted by Crippen LogP contribution is 2.32. The molecule has 2 aromatic heterocycles. The monoisotopic (exact) mass is 577 g/mol. The molecule has 1 amide bonds. The Balaban J connectivity index is 1.21. The first-order valence-electron chi connectivity index (χ1n) is 14.6. The second-order valence-electron chi connectivity index (χ2n) is 11.0. The fraction of sp³-hybridized carbons (Fsp3) is 0.105. The van der Waals surface area contributed by atoms with E-state index in [-0.39, 0.29) is 5.91 Å². The second-order valence-corrected chi connectivity index (χ2v) is 11.0. The summed E-state index contributed by atoms with van der Waals surface area (Å²) in [5, 5.41) is 4.29. The minimum atomic E-state index is -0.264. The number of hydrazone groups is 1. The SMILES string of the molecule is Cc1cc(/C=N\NC(=O)c2ccc(-n3c(-c4ccccc4)ccc3-c3ccccc3)cc2)c(C)n1-c1ccc(N(C)C)cc1. The maximum atomic E-state index is 13.0. The van der Waals surface area contributed by atoms with E-state index in [0.29, 0.717) is 5.56 Å². The van der Waals surface area contributed by atoms with Gasteiger partial charge in [0, 0.05) is 53.7 Å². The van der Waals surface area contributed by atoms with Gasteiger partial charge in [0.2, 0.25) is 0 Å². The molecule has 44 heavy (non-hydrogen) atoms. The van der Waals surface area contributed by atoms with Crippen LogP contribution < -0.4 is 10.3 Å². The van der Waals surface area contributed by atoms with Gasteiger partial charge in [-0.15, -0.1) is 0 Å². The summed E-state index contributed by atoms with van der Waals surface area (Å²) >= 11 is 0. The van der Waals surface area contributed by atoms with Gasteiger partial charge in [-0.3, -0.25) is 4.79 Å². The summed E-state index contributed by atoms with van der Waals surface area (Å²) in [4.78, 5) is 15.1. The van der Waals surface area contributed by atoms with E-state index in [1.807, 2.05) is 74.8 Å². The lowest BCUT2D eigenvalue weighted by molar-refractivity contribution is 0.0955. The van der Waals surface area contributed by atoms with Gasteiger partial charge < -0.3 is 14.0 Å². The molecule has 6 rings (SSSR count). The zero-order valence-corrected chi connectivity index (χ0v) is 25.4. The molecule has 1 N–H and O–H groups in total. The fourth-order valence-electron chi connectivity index (χ4n) is 5.59. The minimum Gasteiger partial charge on any atom is -0.378 e. The molecule has 0 aliphatic heterocycles. The van der Waals surface area contributed by atoms with Crippen LogP contribution in [0, 0.1) is 13.8 Å². The number of rotatable bonds is 8. The first kappa shape index (κ1) is 28.5. The molecule has 6 nitrogen and oxygen atoms in total. The number of carbonyl (C=O) groups excluding carboxylic acids is 1. The number of aromatic nitrogens is 2. The number of nitrogens with zero attached hydrogens (tertiary/aromatic N) is 4. The minimum absolute atomic E-state index is 0.264. The summed E-state index contributed by atoms with van der Waals surface area (Å²) < 4.78 is 4.42. The van der Waals surface area contributed by atoms with E-state index in [4.69, 9.17) is 0 Å². The van der Waals surface area contributed by atoms with Gasteiger partial charge in [-0.2, -0.15) is 5.10 Å². The molecular formula is C38H35N5O. The average Bonchev–Trinajstić information content (AvgIpc) is 3.62. The Hall–Kier alpha value is -5.62. The first-order valence-corrected chi connectivity index (χ1v) is 14.6. The van der Waals surface area contributed by atoms with E-state index in [0.717, 1.165) is 56.5 Å². The number of anilines is 1. The van der Waals surface area contributed by atoms with Gasteiger partial charge in [-0.25, -0.2) is 5.43 Å². The van der Waals surface area contributed by atoms with Crippen molar-refractivity contribution in [1.82, 2.24) is 14.6 Å². The Bertz CT molecular complexity index is 1860. The molecule has 0 unspecified atom stereocenters. The Morgan fingerprint density at radius 2 is 1.20 bits per heavy atom. The molecule has 0 aliphatic rings. The Morgan fingerprint density at radius 1 is 0.682 bits per heavy atom. The van der Waals surface area contributed by atoms with Crippen molar-refractivity contribution in [3.63, 3.8) is 0 Å². The standard InChI is InChI=1S/C38H35N5O/c1-27-25-32(28(2)42(27)34-21-19-33(20-22-34)41(3)4)26-39-40-38(44)31-15-17-35(18-16-31)43-36(29-11-7-5-8-12-29)23-24-37(43)30-13-9-6-10-14-30/h5-26H,1-4H3,(H,40,44)/b39-26-. The largest absolute Gasteiger partial charge is 0.378 e. The predicted molar refractivity (Wildman–Crippen MR) is 181 cm³/mol. The highest BCUT2D eigenvalue weighted by Gasteiger charge is 2.15. The third-order valence-electron chi connectivity index (χ3n) is 7.87. The zero-order chi connectivity index (χ0) is 30.6. The lowest BCUT2D eigenvalue weighted by Crippen LogP contribution is -2.17. The molecule has 0 atom stereocenters. The molecule has 0 spiro atoms. The summed E-state index contributed by atoms with van der Waals surface area (Å²) in [5.74, 6) is -0.264. The highest BCUT2D eigenvalue weighted by atomic mass is 16.2. The smallest absolute Gasteiger partial charge is 0.271 e. The van der Waals surface area contributed by atoms with E-state index in [9.17, 15) is 4.79 Å². The van der Waals surface area contributed by atoms with Crippen molar-refractivity contribution >= 4 is 17.8 Å². The number of carbonyl (C=O) groups is 1. The van der Waals surface area contributed by atoms with E-state index >= 15 is 0 Å². The molecule has 218 valence electrons. The number of hydrogen-bond acceptors (Lipinski definition) is 3. The van der Waals surface area contributed by atoms with Gasteiger partial charge >= 0.3 is 0 Å². The van der Waals surface area contributed by atoms with Crippen molar-refractivity contribution in [1.29, 1.82) is 0 Å². The summed E-state index contributed by atoms with van der Waals surface area (Å²) in [5.41, 5.74) is 13.9. The zero-order valence-electron chi connectivity index (χ0n) is 25.4. The number of nitrogens with one attached hydrogen (secondary N) is 1. The van der Waals surface area contributed by atoms with E-state index in [1.165, 1.54) is 0 Å². The summed E-state index contributed by atoms with van der Waals surface area (Å²) in [6.07, 6.45) is 1.71. The highest BCUT2D eigenvalue weighted by molar-refractivity contribution is 5.95. The molecule has 2 heterocycles. The van der Waals surface area contributed by atoms with Gasteiger partial charge in [-0.05, 0) is 91.7 Å². The van der Waals surface area contributed by atoms with E-state index < -0.39 is 0 Å².